The first-order valence-electron chi connectivity index (χ1n) is 11.0. The number of furan rings is 1. The third-order valence-corrected chi connectivity index (χ3v) is 5.26. The van der Waals surface area contributed by atoms with Gasteiger partial charge >= 0.3 is 0 Å². The maximum absolute atomic E-state index is 12.8. The van der Waals surface area contributed by atoms with Gasteiger partial charge in [-0.3, -0.25) is 14.9 Å². The summed E-state index contributed by atoms with van der Waals surface area (Å²) >= 11 is 0. The predicted molar refractivity (Wildman–Crippen MR) is 133 cm³/mol. The lowest BCUT2D eigenvalue weighted by Crippen LogP contribution is -2.11. The molecule has 3 aromatic carbocycles. The Balaban J connectivity index is 1.48. The molecule has 0 radical (unpaired) electrons. The Hall–Kier alpha value is -4.79. The molecule has 1 amide bonds. The number of amides is 1. The van der Waals surface area contributed by atoms with Gasteiger partial charge in [0.1, 0.15) is 23.9 Å². The molecule has 0 aliphatic carbocycles. The number of methoxy groups -OCH3 is 1. The molecule has 0 aliphatic heterocycles. The van der Waals surface area contributed by atoms with E-state index in [2.05, 4.69) is 5.32 Å². The number of carbonyl (C=O) groups is 1. The van der Waals surface area contributed by atoms with E-state index in [0.29, 0.717) is 23.0 Å². The number of aryl methyl sites for hydroxylation is 2. The Morgan fingerprint density at radius 1 is 0.972 bits per heavy atom. The molecular weight excluding hydrogens is 464 g/mol. The van der Waals surface area contributed by atoms with Gasteiger partial charge in [-0.05, 0) is 55.3 Å². The lowest BCUT2D eigenvalue weighted by Gasteiger charge is -2.11. The third kappa shape index (κ3) is 5.82. The number of nitro groups is 1. The van der Waals surface area contributed by atoms with Crippen LogP contribution in [0.4, 0.5) is 11.4 Å². The van der Waals surface area contributed by atoms with Gasteiger partial charge in [0.05, 0.1) is 23.8 Å². The number of benzene rings is 3. The predicted octanol–water partition coefficient (Wildman–Crippen LogP) is 6.44. The van der Waals surface area contributed by atoms with Crippen LogP contribution in [0.1, 0.15) is 27.4 Å². The zero-order valence-electron chi connectivity index (χ0n) is 19.9. The molecule has 184 valence electrons. The van der Waals surface area contributed by atoms with Gasteiger partial charge in [-0.1, -0.05) is 24.3 Å². The Labute approximate surface area is 207 Å². The Morgan fingerprint density at radius 3 is 2.50 bits per heavy atom. The molecule has 0 saturated carbocycles. The largest absolute Gasteiger partial charge is 0.493 e. The summed E-state index contributed by atoms with van der Waals surface area (Å²) in [6.45, 7) is 3.88. The fourth-order valence-corrected chi connectivity index (χ4v) is 3.42. The maximum atomic E-state index is 12.8. The quantitative estimate of drug-likeness (QED) is 0.213. The van der Waals surface area contributed by atoms with Gasteiger partial charge in [0.25, 0.3) is 11.6 Å². The summed E-state index contributed by atoms with van der Waals surface area (Å²) in [4.78, 5) is 23.7. The summed E-state index contributed by atoms with van der Waals surface area (Å²) in [6, 6.07) is 20.0. The van der Waals surface area contributed by atoms with Crippen molar-refractivity contribution in [3.63, 3.8) is 0 Å². The highest BCUT2D eigenvalue weighted by Gasteiger charge is 2.17. The van der Waals surface area contributed by atoms with Gasteiger partial charge < -0.3 is 23.9 Å². The number of carbonyl (C=O) groups excluding carboxylic acids is 1. The molecule has 1 N–H and O–H groups in total. The molecule has 1 heterocycles. The molecule has 4 rings (SSSR count). The van der Waals surface area contributed by atoms with Crippen LogP contribution in [0.2, 0.25) is 0 Å². The van der Waals surface area contributed by atoms with E-state index < -0.39 is 10.8 Å². The number of rotatable bonds is 9. The van der Waals surface area contributed by atoms with Gasteiger partial charge in [-0.2, -0.15) is 0 Å². The van der Waals surface area contributed by atoms with Crippen LogP contribution in [0.15, 0.2) is 77.2 Å². The summed E-state index contributed by atoms with van der Waals surface area (Å²) in [6.07, 6.45) is 0. The van der Waals surface area contributed by atoms with Crippen molar-refractivity contribution >= 4 is 17.3 Å². The monoisotopic (exact) mass is 488 g/mol. The van der Waals surface area contributed by atoms with E-state index in [1.54, 1.807) is 25.3 Å². The summed E-state index contributed by atoms with van der Waals surface area (Å²) in [7, 11) is 1.55. The number of ether oxygens (including phenoxy) is 3. The molecule has 4 aromatic rings. The molecule has 0 fully saturated rings. The second-order valence-electron chi connectivity index (χ2n) is 8.00. The molecule has 0 unspecified atom stereocenters. The highest BCUT2D eigenvalue weighted by Crippen LogP contribution is 2.32. The fraction of sp³-hybridized carbons (Fsp3) is 0.148. The van der Waals surface area contributed by atoms with Crippen molar-refractivity contribution in [3.05, 3.63) is 106 Å². The van der Waals surface area contributed by atoms with Crippen LogP contribution in [0, 0.1) is 24.0 Å². The van der Waals surface area contributed by atoms with Gasteiger partial charge in [-0.25, -0.2) is 0 Å². The first kappa shape index (κ1) is 24.3. The standard InChI is InChI=1S/C27H24N2O7/c1-17-8-9-18(2)26(12-17)36-22-14-19(13-20(15-22)29(31)32)28-27(30)25-11-10-21(35-25)16-34-24-7-5-4-6-23(24)33-3/h4-15H,16H2,1-3H3,(H,28,30). The van der Waals surface area contributed by atoms with Crippen molar-refractivity contribution in [1.29, 1.82) is 0 Å². The number of para-hydroxylation sites is 2. The summed E-state index contributed by atoms with van der Waals surface area (Å²) in [5, 5.41) is 14.1. The first-order chi connectivity index (χ1) is 17.3. The third-order valence-electron chi connectivity index (χ3n) is 5.26. The molecule has 1 aromatic heterocycles. The number of anilines is 1. The SMILES string of the molecule is COc1ccccc1OCc1ccc(C(=O)Nc2cc(Oc3cc(C)ccc3C)cc([N+](=O)[O-])c2)o1. The minimum atomic E-state index is -0.572. The van der Waals surface area contributed by atoms with E-state index in [1.165, 1.54) is 24.3 Å². The van der Waals surface area contributed by atoms with Crippen molar-refractivity contribution in [2.45, 2.75) is 20.5 Å². The summed E-state index contributed by atoms with van der Waals surface area (Å²) < 4.78 is 22.5. The van der Waals surface area contributed by atoms with E-state index in [4.69, 9.17) is 18.6 Å². The van der Waals surface area contributed by atoms with Gasteiger partial charge in [0.15, 0.2) is 17.3 Å². The van der Waals surface area contributed by atoms with E-state index in [0.717, 1.165) is 11.1 Å². The van der Waals surface area contributed by atoms with Crippen molar-refractivity contribution in [2.75, 3.05) is 12.4 Å². The normalized spacial score (nSPS) is 10.5. The molecular formula is C27H24N2O7. The van der Waals surface area contributed by atoms with E-state index in [9.17, 15) is 14.9 Å². The van der Waals surface area contributed by atoms with Crippen molar-refractivity contribution in [3.8, 4) is 23.0 Å². The lowest BCUT2D eigenvalue weighted by atomic mass is 10.1. The fourth-order valence-electron chi connectivity index (χ4n) is 3.42. The molecule has 0 spiro atoms. The minimum absolute atomic E-state index is 0.0251. The van der Waals surface area contributed by atoms with Crippen molar-refractivity contribution < 1.29 is 28.3 Å². The number of hydrogen-bond acceptors (Lipinski definition) is 7. The van der Waals surface area contributed by atoms with Crippen LogP contribution < -0.4 is 19.5 Å². The van der Waals surface area contributed by atoms with Crippen LogP contribution in [-0.2, 0) is 6.61 Å². The topological polar surface area (TPSA) is 113 Å². The molecule has 36 heavy (non-hydrogen) atoms. The van der Waals surface area contributed by atoms with Gasteiger partial charge in [-0.15, -0.1) is 0 Å². The van der Waals surface area contributed by atoms with Crippen LogP contribution >= 0.6 is 0 Å². The minimum Gasteiger partial charge on any atom is -0.493 e. The molecule has 0 aliphatic rings. The Morgan fingerprint density at radius 2 is 1.75 bits per heavy atom. The summed E-state index contributed by atoms with van der Waals surface area (Å²) in [5.41, 5.74) is 1.82. The summed E-state index contributed by atoms with van der Waals surface area (Å²) in [5.74, 6) is 1.77. The highest BCUT2D eigenvalue weighted by molar-refractivity contribution is 6.02. The molecule has 9 heteroatoms. The number of nitro benzene ring substituents is 1. The highest BCUT2D eigenvalue weighted by atomic mass is 16.6. The number of nitrogens with zero attached hydrogens (tertiary/aromatic N) is 1. The van der Waals surface area contributed by atoms with Crippen molar-refractivity contribution in [2.24, 2.45) is 0 Å². The van der Waals surface area contributed by atoms with Crippen LogP contribution in [0.5, 0.6) is 23.0 Å². The Bertz CT molecular complexity index is 1410. The van der Waals surface area contributed by atoms with Gasteiger partial charge in [0, 0.05) is 12.1 Å². The molecule has 9 nitrogen and oxygen atoms in total. The van der Waals surface area contributed by atoms with Crippen LogP contribution in [0.3, 0.4) is 0 Å². The molecule has 0 saturated heterocycles. The first-order valence-corrected chi connectivity index (χ1v) is 11.0. The number of hydrogen-bond donors (Lipinski definition) is 1. The number of non-ortho nitro benzene ring substituents is 1. The Kier molecular flexibility index (Phi) is 7.20. The van der Waals surface area contributed by atoms with Crippen molar-refractivity contribution in [1.82, 2.24) is 0 Å². The second-order valence-corrected chi connectivity index (χ2v) is 8.00. The van der Waals surface area contributed by atoms with Gasteiger partial charge in [0.2, 0.25) is 0 Å². The van der Waals surface area contributed by atoms with E-state index in [-0.39, 0.29) is 29.5 Å². The number of nitrogens with one attached hydrogen (secondary N) is 1. The smallest absolute Gasteiger partial charge is 0.291 e. The average molecular weight is 488 g/mol. The van der Waals surface area contributed by atoms with E-state index in [1.807, 2.05) is 44.2 Å². The second kappa shape index (κ2) is 10.6. The van der Waals surface area contributed by atoms with E-state index >= 15 is 0 Å². The zero-order valence-corrected chi connectivity index (χ0v) is 19.9. The van der Waals surface area contributed by atoms with Crippen LogP contribution in [-0.4, -0.2) is 17.9 Å². The average Bonchev–Trinajstić information content (AvgIpc) is 3.34. The molecule has 0 bridgehead atoms. The van der Waals surface area contributed by atoms with Crippen LogP contribution in [0.25, 0.3) is 0 Å². The maximum Gasteiger partial charge on any atom is 0.291 e. The zero-order chi connectivity index (χ0) is 25.7. The molecule has 0 atom stereocenters. The lowest BCUT2D eigenvalue weighted by molar-refractivity contribution is -0.384.